The molecule has 1 fully saturated rings. The van der Waals surface area contributed by atoms with Crippen LogP contribution in [0.3, 0.4) is 0 Å². The van der Waals surface area contributed by atoms with Gasteiger partial charge in [-0.15, -0.1) is 0 Å². The summed E-state index contributed by atoms with van der Waals surface area (Å²) in [5.41, 5.74) is 1.19. The second-order valence-electron chi connectivity index (χ2n) is 5.06. The van der Waals surface area contributed by atoms with Crippen LogP contribution >= 0.6 is 0 Å². The molecule has 0 saturated carbocycles. The molecule has 0 aliphatic carbocycles. The van der Waals surface area contributed by atoms with Crippen LogP contribution in [-0.4, -0.2) is 38.4 Å². The van der Waals surface area contributed by atoms with Crippen molar-refractivity contribution in [1.29, 1.82) is 0 Å². The highest BCUT2D eigenvalue weighted by Gasteiger charge is 2.30. The van der Waals surface area contributed by atoms with Crippen LogP contribution < -0.4 is 5.32 Å². The van der Waals surface area contributed by atoms with Crippen LogP contribution in [0.4, 0.5) is 0 Å². The van der Waals surface area contributed by atoms with Crippen LogP contribution in [0.25, 0.3) is 0 Å². The lowest BCUT2D eigenvalue weighted by Gasteiger charge is -2.32. The van der Waals surface area contributed by atoms with E-state index in [1.165, 1.54) is 5.56 Å². The molecule has 1 aliphatic rings. The maximum atomic E-state index is 12.6. The molecule has 0 unspecified atom stereocenters. The Morgan fingerprint density at radius 2 is 2.00 bits per heavy atom. The van der Waals surface area contributed by atoms with Crippen LogP contribution in [0.1, 0.15) is 25.8 Å². The van der Waals surface area contributed by atoms with E-state index >= 15 is 0 Å². The van der Waals surface area contributed by atoms with Gasteiger partial charge in [0, 0.05) is 25.7 Å². The Balaban J connectivity index is 2.23. The topological polar surface area (TPSA) is 49.4 Å². The molecule has 0 aromatic heterocycles. The zero-order valence-electron chi connectivity index (χ0n) is 11.6. The summed E-state index contributed by atoms with van der Waals surface area (Å²) in [5.74, 6) is 0. The predicted octanol–water partition coefficient (Wildman–Crippen LogP) is 1.62. The maximum absolute atomic E-state index is 12.6. The number of aryl methyl sites for hydroxylation is 1. The van der Waals surface area contributed by atoms with Crippen LogP contribution in [0.2, 0.25) is 0 Å². The van der Waals surface area contributed by atoms with Crippen molar-refractivity contribution in [2.45, 2.75) is 37.6 Å². The fraction of sp³-hybridized carbons (Fsp3) is 0.571. The number of nitrogens with one attached hydrogen (secondary N) is 1. The Morgan fingerprint density at radius 3 is 2.58 bits per heavy atom. The van der Waals surface area contributed by atoms with Crippen molar-refractivity contribution in [1.82, 2.24) is 9.62 Å². The Morgan fingerprint density at radius 1 is 1.32 bits per heavy atom. The summed E-state index contributed by atoms with van der Waals surface area (Å²) in [4.78, 5) is 0.404. The lowest BCUT2D eigenvalue weighted by atomic mass is 10.1. The van der Waals surface area contributed by atoms with Gasteiger partial charge in [0.1, 0.15) is 0 Å². The lowest BCUT2D eigenvalue weighted by molar-refractivity contribution is 0.284. The van der Waals surface area contributed by atoms with E-state index in [0.717, 1.165) is 19.4 Å². The van der Waals surface area contributed by atoms with Crippen molar-refractivity contribution in [3.63, 3.8) is 0 Å². The van der Waals surface area contributed by atoms with Gasteiger partial charge in [-0.25, -0.2) is 8.42 Å². The molecule has 1 aromatic rings. The Labute approximate surface area is 115 Å². The molecule has 106 valence electrons. The Hall–Kier alpha value is -0.910. The molecule has 0 bridgehead atoms. The molecule has 2 rings (SSSR count). The molecular weight excluding hydrogens is 260 g/mol. The summed E-state index contributed by atoms with van der Waals surface area (Å²) in [6.45, 7) is 6.03. The van der Waals surface area contributed by atoms with Crippen LogP contribution in [-0.2, 0) is 16.4 Å². The number of benzene rings is 1. The van der Waals surface area contributed by atoms with E-state index in [2.05, 4.69) is 12.2 Å². The van der Waals surface area contributed by atoms with Gasteiger partial charge in [0.15, 0.2) is 0 Å². The normalized spacial score (nSPS) is 21.5. The molecule has 19 heavy (non-hydrogen) atoms. The quantitative estimate of drug-likeness (QED) is 0.913. The third kappa shape index (κ3) is 3.16. The SMILES string of the molecule is CCCc1ccc(S(=O)(=O)N2CCNC[C@@H]2C)cc1. The summed E-state index contributed by atoms with van der Waals surface area (Å²) >= 11 is 0. The third-order valence-electron chi connectivity index (χ3n) is 3.51. The zero-order valence-corrected chi connectivity index (χ0v) is 12.4. The highest BCUT2D eigenvalue weighted by atomic mass is 32.2. The van der Waals surface area contributed by atoms with E-state index in [4.69, 9.17) is 0 Å². The van der Waals surface area contributed by atoms with Gasteiger partial charge in [-0.1, -0.05) is 25.5 Å². The first-order chi connectivity index (χ1) is 9.05. The number of hydrogen-bond donors (Lipinski definition) is 1. The highest BCUT2D eigenvalue weighted by Crippen LogP contribution is 2.20. The second kappa shape index (κ2) is 6.03. The van der Waals surface area contributed by atoms with Crippen molar-refractivity contribution in [3.05, 3.63) is 29.8 Å². The number of sulfonamides is 1. The van der Waals surface area contributed by atoms with Gasteiger partial charge in [0.05, 0.1) is 4.90 Å². The van der Waals surface area contributed by atoms with E-state index < -0.39 is 10.0 Å². The van der Waals surface area contributed by atoms with E-state index in [9.17, 15) is 8.42 Å². The minimum absolute atomic E-state index is 0.00840. The van der Waals surface area contributed by atoms with Crippen molar-refractivity contribution < 1.29 is 8.42 Å². The van der Waals surface area contributed by atoms with Crippen LogP contribution in [0.15, 0.2) is 29.2 Å². The summed E-state index contributed by atoms with van der Waals surface area (Å²) in [6, 6.07) is 7.31. The lowest BCUT2D eigenvalue weighted by Crippen LogP contribution is -2.52. The molecule has 4 nitrogen and oxygen atoms in total. The monoisotopic (exact) mass is 282 g/mol. The Kier molecular flexibility index (Phi) is 4.60. The standard InChI is InChI=1S/C14H22N2O2S/c1-3-4-13-5-7-14(8-6-13)19(17,18)16-10-9-15-11-12(16)2/h5-8,12,15H,3-4,9-11H2,1-2H3/t12-/m0/s1. The van der Waals surface area contributed by atoms with Crippen molar-refractivity contribution in [3.8, 4) is 0 Å². The average molecular weight is 282 g/mol. The van der Waals surface area contributed by atoms with Gasteiger partial charge in [0.25, 0.3) is 0 Å². The third-order valence-corrected chi connectivity index (χ3v) is 5.54. The van der Waals surface area contributed by atoms with Gasteiger partial charge in [-0.3, -0.25) is 0 Å². The summed E-state index contributed by atoms with van der Waals surface area (Å²) < 4.78 is 26.7. The van der Waals surface area contributed by atoms with Crippen molar-refractivity contribution in [2.75, 3.05) is 19.6 Å². The van der Waals surface area contributed by atoms with Crippen molar-refractivity contribution in [2.24, 2.45) is 0 Å². The molecule has 0 spiro atoms. The smallest absolute Gasteiger partial charge is 0.243 e. The minimum atomic E-state index is -3.35. The molecule has 1 N–H and O–H groups in total. The van der Waals surface area contributed by atoms with Crippen LogP contribution in [0.5, 0.6) is 0 Å². The molecule has 0 amide bonds. The van der Waals surface area contributed by atoms with Crippen LogP contribution in [0, 0.1) is 0 Å². The number of nitrogens with zero attached hydrogens (tertiary/aromatic N) is 1. The maximum Gasteiger partial charge on any atom is 0.243 e. The molecule has 1 aromatic carbocycles. The van der Waals surface area contributed by atoms with E-state index in [1.807, 2.05) is 19.1 Å². The van der Waals surface area contributed by atoms with Gasteiger partial charge < -0.3 is 5.32 Å². The van der Waals surface area contributed by atoms with Gasteiger partial charge >= 0.3 is 0 Å². The minimum Gasteiger partial charge on any atom is -0.314 e. The highest BCUT2D eigenvalue weighted by molar-refractivity contribution is 7.89. The average Bonchev–Trinajstić information content (AvgIpc) is 2.40. The number of rotatable bonds is 4. The summed E-state index contributed by atoms with van der Waals surface area (Å²) in [5, 5.41) is 3.21. The molecule has 5 heteroatoms. The van der Waals surface area contributed by atoms with E-state index in [-0.39, 0.29) is 6.04 Å². The molecule has 0 radical (unpaired) electrons. The molecular formula is C14H22N2O2S. The Bertz CT molecular complexity index is 511. The summed E-state index contributed by atoms with van der Waals surface area (Å²) in [6.07, 6.45) is 2.06. The first-order valence-electron chi connectivity index (χ1n) is 6.87. The molecule has 1 saturated heterocycles. The fourth-order valence-electron chi connectivity index (χ4n) is 2.43. The largest absolute Gasteiger partial charge is 0.314 e. The molecule has 1 aliphatic heterocycles. The predicted molar refractivity (Wildman–Crippen MR) is 76.7 cm³/mol. The van der Waals surface area contributed by atoms with Gasteiger partial charge in [-0.2, -0.15) is 4.31 Å². The molecule has 1 heterocycles. The van der Waals surface area contributed by atoms with E-state index in [1.54, 1.807) is 16.4 Å². The fourth-order valence-corrected chi connectivity index (χ4v) is 4.06. The first-order valence-corrected chi connectivity index (χ1v) is 8.31. The van der Waals surface area contributed by atoms with E-state index in [0.29, 0.717) is 18.0 Å². The second-order valence-corrected chi connectivity index (χ2v) is 6.95. The van der Waals surface area contributed by atoms with Gasteiger partial charge in [0.2, 0.25) is 10.0 Å². The number of piperazine rings is 1. The number of hydrogen-bond acceptors (Lipinski definition) is 3. The van der Waals surface area contributed by atoms with Crippen molar-refractivity contribution >= 4 is 10.0 Å². The molecule has 1 atom stereocenters. The summed E-state index contributed by atoms with van der Waals surface area (Å²) in [7, 11) is -3.35. The van der Waals surface area contributed by atoms with Gasteiger partial charge in [-0.05, 0) is 31.0 Å². The first kappa shape index (κ1) is 14.5. The zero-order chi connectivity index (χ0) is 13.9.